The number of aromatic amines is 1. The minimum absolute atomic E-state index is 0.142. The van der Waals surface area contributed by atoms with Gasteiger partial charge in [-0.3, -0.25) is 4.79 Å². The van der Waals surface area contributed by atoms with Crippen molar-refractivity contribution in [3.05, 3.63) is 40.7 Å². The molecule has 0 bridgehead atoms. The minimum Gasteiger partial charge on any atom is -0.497 e. The Labute approximate surface area is 159 Å². The lowest BCUT2D eigenvalue weighted by Crippen LogP contribution is -2.13. The van der Waals surface area contributed by atoms with Gasteiger partial charge in [-0.1, -0.05) is 0 Å². The second-order valence-electron chi connectivity index (χ2n) is 6.06. The standard InChI is InChI=1S/C20H26N2O5/c1-6-27-20(24)19-12(2)15(13(3)21-19)8-10-18(23)22-16-9-7-14(25-4)11-17(16)26-5/h7,9,11,21H,6,8,10H2,1-5H3,(H,22,23). The number of ether oxygens (including phenoxy) is 3. The summed E-state index contributed by atoms with van der Waals surface area (Å²) in [5.74, 6) is 0.657. The van der Waals surface area contributed by atoms with Crippen molar-refractivity contribution >= 4 is 17.6 Å². The summed E-state index contributed by atoms with van der Waals surface area (Å²) in [5.41, 5.74) is 3.67. The molecule has 1 aromatic heterocycles. The van der Waals surface area contributed by atoms with Crippen LogP contribution >= 0.6 is 0 Å². The molecule has 0 saturated heterocycles. The fraction of sp³-hybridized carbons (Fsp3) is 0.400. The van der Waals surface area contributed by atoms with Gasteiger partial charge in [-0.2, -0.15) is 0 Å². The van der Waals surface area contributed by atoms with E-state index in [1.54, 1.807) is 32.2 Å². The van der Waals surface area contributed by atoms with Crippen LogP contribution in [-0.2, 0) is 16.0 Å². The molecule has 27 heavy (non-hydrogen) atoms. The molecule has 0 saturated carbocycles. The van der Waals surface area contributed by atoms with Gasteiger partial charge in [0.15, 0.2) is 0 Å². The van der Waals surface area contributed by atoms with Crippen LogP contribution in [0.15, 0.2) is 18.2 Å². The molecule has 0 aliphatic carbocycles. The molecule has 0 radical (unpaired) electrons. The second-order valence-corrected chi connectivity index (χ2v) is 6.06. The molecule has 146 valence electrons. The van der Waals surface area contributed by atoms with Crippen LogP contribution in [0, 0.1) is 13.8 Å². The molecule has 2 N–H and O–H groups in total. The number of esters is 1. The van der Waals surface area contributed by atoms with E-state index in [1.165, 1.54) is 7.11 Å². The van der Waals surface area contributed by atoms with Crippen molar-refractivity contribution < 1.29 is 23.8 Å². The average molecular weight is 374 g/mol. The Hall–Kier alpha value is -2.96. The Morgan fingerprint density at radius 2 is 1.89 bits per heavy atom. The lowest BCUT2D eigenvalue weighted by Gasteiger charge is -2.11. The third-order valence-electron chi connectivity index (χ3n) is 4.36. The highest BCUT2D eigenvalue weighted by atomic mass is 16.5. The number of benzene rings is 1. The summed E-state index contributed by atoms with van der Waals surface area (Å²) in [6.45, 7) is 5.82. The van der Waals surface area contributed by atoms with Gasteiger partial charge in [0, 0.05) is 18.2 Å². The number of aromatic nitrogens is 1. The highest BCUT2D eigenvalue weighted by Crippen LogP contribution is 2.29. The first kappa shape index (κ1) is 20.4. The van der Waals surface area contributed by atoms with Crippen LogP contribution < -0.4 is 14.8 Å². The van der Waals surface area contributed by atoms with Gasteiger partial charge in [-0.25, -0.2) is 4.79 Å². The third-order valence-corrected chi connectivity index (χ3v) is 4.36. The molecular weight excluding hydrogens is 348 g/mol. The normalized spacial score (nSPS) is 10.4. The van der Waals surface area contributed by atoms with Crippen molar-refractivity contribution in [1.29, 1.82) is 0 Å². The number of methoxy groups -OCH3 is 2. The van der Waals surface area contributed by atoms with Crippen molar-refractivity contribution in [2.24, 2.45) is 0 Å². The first-order valence-electron chi connectivity index (χ1n) is 8.78. The zero-order chi connectivity index (χ0) is 20.0. The molecule has 0 aliphatic heterocycles. The van der Waals surface area contributed by atoms with E-state index in [2.05, 4.69) is 10.3 Å². The van der Waals surface area contributed by atoms with Crippen LogP contribution in [0.3, 0.4) is 0 Å². The van der Waals surface area contributed by atoms with Crippen LogP contribution in [0.25, 0.3) is 0 Å². The molecule has 2 rings (SSSR count). The van der Waals surface area contributed by atoms with E-state index in [4.69, 9.17) is 14.2 Å². The highest BCUT2D eigenvalue weighted by molar-refractivity contribution is 5.93. The smallest absolute Gasteiger partial charge is 0.355 e. The fourth-order valence-electron chi connectivity index (χ4n) is 2.92. The lowest BCUT2D eigenvalue weighted by atomic mass is 10.0. The molecule has 1 amide bonds. The summed E-state index contributed by atoms with van der Waals surface area (Å²) in [5, 5.41) is 2.85. The predicted molar refractivity (Wildman–Crippen MR) is 103 cm³/mol. The number of H-pyrrole nitrogens is 1. The average Bonchev–Trinajstić information content (AvgIpc) is 2.94. The highest BCUT2D eigenvalue weighted by Gasteiger charge is 2.19. The van der Waals surface area contributed by atoms with Gasteiger partial charge in [-0.05, 0) is 50.5 Å². The molecule has 7 heteroatoms. The summed E-state index contributed by atoms with van der Waals surface area (Å²) in [6, 6.07) is 5.20. The Kier molecular flexibility index (Phi) is 6.87. The number of hydrogen-bond donors (Lipinski definition) is 2. The van der Waals surface area contributed by atoms with Gasteiger partial charge in [0.2, 0.25) is 5.91 Å². The topological polar surface area (TPSA) is 89.7 Å². The maximum absolute atomic E-state index is 12.4. The van der Waals surface area contributed by atoms with E-state index in [1.807, 2.05) is 13.8 Å². The molecule has 1 heterocycles. The molecule has 0 fully saturated rings. The van der Waals surface area contributed by atoms with E-state index in [0.717, 1.165) is 16.8 Å². The predicted octanol–water partition coefficient (Wildman–Crippen LogP) is 3.40. The van der Waals surface area contributed by atoms with Crippen LogP contribution in [0.1, 0.15) is 40.7 Å². The number of anilines is 1. The van der Waals surface area contributed by atoms with Crippen LogP contribution in [0.4, 0.5) is 5.69 Å². The molecule has 0 unspecified atom stereocenters. The molecule has 0 spiro atoms. The zero-order valence-corrected chi connectivity index (χ0v) is 16.4. The fourth-order valence-corrected chi connectivity index (χ4v) is 2.92. The number of carbonyl (C=O) groups excluding carboxylic acids is 2. The minimum atomic E-state index is -0.378. The quantitative estimate of drug-likeness (QED) is 0.691. The Bertz CT molecular complexity index is 826. The van der Waals surface area contributed by atoms with Crippen LogP contribution in [0.5, 0.6) is 11.5 Å². The van der Waals surface area contributed by atoms with Crippen molar-refractivity contribution in [2.45, 2.75) is 33.6 Å². The van der Waals surface area contributed by atoms with E-state index in [-0.39, 0.29) is 18.3 Å². The number of aryl methyl sites for hydroxylation is 1. The van der Waals surface area contributed by atoms with Crippen molar-refractivity contribution in [2.75, 3.05) is 26.1 Å². The van der Waals surface area contributed by atoms with Gasteiger partial charge in [0.25, 0.3) is 0 Å². The third kappa shape index (κ3) is 4.81. The molecule has 2 aromatic rings. The summed E-state index contributed by atoms with van der Waals surface area (Å²) in [4.78, 5) is 27.4. The van der Waals surface area contributed by atoms with Crippen LogP contribution in [-0.4, -0.2) is 37.7 Å². The number of nitrogens with one attached hydrogen (secondary N) is 2. The maximum atomic E-state index is 12.4. The summed E-state index contributed by atoms with van der Waals surface area (Å²) in [6.07, 6.45) is 0.787. The zero-order valence-electron chi connectivity index (χ0n) is 16.4. The molecular formula is C20H26N2O5. The summed E-state index contributed by atoms with van der Waals surface area (Å²) >= 11 is 0. The van der Waals surface area contributed by atoms with Gasteiger partial charge >= 0.3 is 5.97 Å². The van der Waals surface area contributed by atoms with E-state index in [9.17, 15) is 9.59 Å². The second kappa shape index (κ2) is 9.12. The largest absolute Gasteiger partial charge is 0.497 e. The van der Waals surface area contributed by atoms with Crippen molar-refractivity contribution in [3.8, 4) is 11.5 Å². The van der Waals surface area contributed by atoms with Gasteiger partial charge in [0.1, 0.15) is 17.2 Å². The molecule has 0 atom stereocenters. The Morgan fingerprint density at radius 1 is 1.15 bits per heavy atom. The number of rotatable bonds is 8. The Morgan fingerprint density at radius 3 is 2.52 bits per heavy atom. The van der Waals surface area contributed by atoms with E-state index >= 15 is 0 Å². The summed E-state index contributed by atoms with van der Waals surface area (Å²) in [7, 11) is 3.10. The molecule has 0 aliphatic rings. The SMILES string of the molecule is CCOC(=O)c1[nH]c(C)c(CCC(=O)Nc2ccc(OC)cc2OC)c1C. The maximum Gasteiger partial charge on any atom is 0.355 e. The van der Waals surface area contributed by atoms with Gasteiger partial charge in [0.05, 0.1) is 26.5 Å². The van der Waals surface area contributed by atoms with E-state index < -0.39 is 0 Å². The Balaban J connectivity index is 2.05. The van der Waals surface area contributed by atoms with Crippen molar-refractivity contribution in [1.82, 2.24) is 4.98 Å². The molecule has 7 nitrogen and oxygen atoms in total. The van der Waals surface area contributed by atoms with E-state index in [0.29, 0.717) is 35.9 Å². The lowest BCUT2D eigenvalue weighted by molar-refractivity contribution is -0.116. The summed E-state index contributed by atoms with van der Waals surface area (Å²) < 4.78 is 15.5. The first-order valence-corrected chi connectivity index (χ1v) is 8.78. The van der Waals surface area contributed by atoms with Gasteiger partial charge in [-0.15, -0.1) is 0 Å². The van der Waals surface area contributed by atoms with Crippen LogP contribution in [0.2, 0.25) is 0 Å². The number of hydrogen-bond acceptors (Lipinski definition) is 5. The van der Waals surface area contributed by atoms with Gasteiger partial charge < -0.3 is 24.5 Å². The number of carbonyl (C=O) groups is 2. The molecule has 1 aromatic carbocycles. The van der Waals surface area contributed by atoms with Crippen molar-refractivity contribution in [3.63, 3.8) is 0 Å². The number of amides is 1. The first-order chi connectivity index (χ1) is 12.9. The monoisotopic (exact) mass is 374 g/mol.